The molecule has 2 atom stereocenters. The summed E-state index contributed by atoms with van der Waals surface area (Å²) in [5.41, 5.74) is 0. The van der Waals surface area contributed by atoms with Gasteiger partial charge in [-0.3, -0.25) is 4.79 Å². The minimum atomic E-state index is -1.17. The molecule has 6 heteroatoms. The summed E-state index contributed by atoms with van der Waals surface area (Å²) in [6.45, 7) is 2.13. The average molecular weight is 283 g/mol. The Balaban J connectivity index is 1.89. The van der Waals surface area contributed by atoms with Crippen molar-refractivity contribution < 1.29 is 19.1 Å². The van der Waals surface area contributed by atoms with Crippen LogP contribution < -0.4 is 5.32 Å². The third-order valence-corrected chi connectivity index (χ3v) is 4.40. The van der Waals surface area contributed by atoms with E-state index in [-0.39, 0.29) is 23.5 Å². The second-order valence-corrected chi connectivity index (χ2v) is 6.11. The van der Waals surface area contributed by atoms with E-state index in [0.717, 1.165) is 25.0 Å². The molecule has 0 bridgehead atoms. The highest BCUT2D eigenvalue weighted by Crippen LogP contribution is 2.29. The molecule has 2 unspecified atom stereocenters. The normalized spacial score (nSPS) is 22.4. The Kier molecular flexibility index (Phi) is 4.52. The van der Waals surface area contributed by atoms with Crippen LogP contribution in [0.3, 0.4) is 0 Å². The summed E-state index contributed by atoms with van der Waals surface area (Å²) in [6.07, 6.45) is 3.05. The number of amides is 1. The molecule has 1 fully saturated rings. The maximum Gasteiger partial charge on any atom is 0.371 e. The molecule has 1 aromatic heterocycles. The molecule has 19 heavy (non-hydrogen) atoms. The molecule has 2 rings (SSSR count). The molecule has 1 heterocycles. The van der Waals surface area contributed by atoms with Gasteiger partial charge in [0.15, 0.2) is 5.76 Å². The first-order chi connectivity index (χ1) is 9.10. The lowest BCUT2D eigenvalue weighted by Gasteiger charge is -2.11. The van der Waals surface area contributed by atoms with Crippen molar-refractivity contribution in [1.29, 1.82) is 0 Å². The molecular formula is C13H17NO4S. The third-order valence-electron chi connectivity index (χ3n) is 3.16. The van der Waals surface area contributed by atoms with Crippen LogP contribution >= 0.6 is 11.8 Å². The monoisotopic (exact) mass is 283 g/mol. The summed E-state index contributed by atoms with van der Waals surface area (Å²) in [7, 11) is 0. The third kappa shape index (κ3) is 3.53. The Morgan fingerprint density at radius 3 is 2.79 bits per heavy atom. The first-order valence-electron chi connectivity index (χ1n) is 6.35. The van der Waals surface area contributed by atoms with Gasteiger partial charge in [-0.1, -0.05) is 6.92 Å². The van der Waals surface area contributed by atoms with Crippen LogP contribution in [0.2, 0.25) is 0 Å². The number of carbonyl (C=O) groups is 2. The second kappa shape index (κ2) is 6.14. The zero-order chi connectivity index (χ0) is 13.8. The Hall–Kier alpha value is -1.43. The molecule has 1 saturated carbocycles. The first-order valence-corrected chi connectivity index (χ1v) is 7.40. The number of thioether (sulfide) groups is 1. The van der Waals surface area contributed by atoms with Gasteiger partial charge >= 0.3 is 5.97 Å². The molecule has 5 nitrogen and oxygen atoms in total. The van der Waals surface area contributed by atoms with Gasteiger partial charge in [-0.05, 0) is 37.1 Å². The van der Waals surface area contributed by atoms with Crippen molar-refractivity contribution in [3.05, 3.63) is 23.7 Å². The van der Waals surface area contributed by atoms with E-state index in [1.165, 1.54) is 12.1 Å². The molecular weight excluding hydrogens is 266 g/mol. The number of carboxylic acid groups (broad SMARTS) is 1. The van der Waals surface area contributed by atoms with Crippen LogP contribution in [0.25, 0.3) is 0 Å². The molecule has 1 amide bonds. The van der Waals surface area contributed by atoms with E-state index in [4.69, 9.17) is 9.52 Å². The van der Waals surface area contributed by atoms with Crippen molar-refractivity contribution in [2.24, 2.45) is 0 Å². The number of carboxylic acids is 1. The highest BCUT2D eigenvalue weighted by molar-refractivity contribution is 7.99. The molecule has 1 aliphatic carbocycles. The maximum absolute atomic E-state index is 11.9. The predicted octanol–water partition coefficient (Wildman–Crippen LogP) is 2.38. The van der Waals surface area contributed by atoms with Gasteiger partial charge in [-0.25, -0.2) is 4.79 Å². The Bertz CT molecular complexity index is 471. The molecule has 0 aromatic carbocycles. The zero-order valence-electron chi connectivity index (χ0n) is 10.7. The number of hydrogen-bond donors (Lipinski definition) is 2. The summed E-state index contributed by atoms with van der Waals surface area (Å²) in [5, 5.41) is 12.2. The van der Waals surface area contributed by atoms with Crippen molar-refractivity contribution in [2.75, 3.05) is 5.75 Å². The first kappa shape index (κ1) is 14.0. The minimum Gasteiger partial charge on any atom is -0.475 e. The van der Waals surface area contributed by atoms with E-state index in [9.17, 15) is 9.59 Å². The van der Waals surface area contributed by atoms with Gasteiger partial charge in [-0.15, -0.1) is 0 Å². The fraction of sp³-hybridized carbons (Fsp3) is 0.538. The lowest BCUT2D eigenvalue weighted by atomic mass is 10.2. The van der Waals surface area contributed by atoms with Crippen molar-refractivity contribution in [1.82, 2.24) is 5.32 Å². The van der Waals surface area contributed by atoms with Crippen LogP contribution in [-0.2, 0) is 0 Å². The van der Waals surface area contributed by atoms with E-state index in [1.807, 2.05) is 11.8 Å². The smallest absolute Gasteiger partial charge is 0.371 e. The zero-order valence-corrected chi connectivity index (χ0v) is 11.5. The lowest BCUT2D eigenvalue weighted by molar-refractivity contribution is 0.0659. The van der Waals surface area contributed by atoms with E-state index in [1.54, 1.807) is 0 Å². The summed E-state index contributed by atoms with van der Waals surface area (Å²) in [6, 6.07) is 2.85. The van der Waals surface area contributed by atoms with Crippen LogP contribution in [0.1, 0.15) is 47.3 Å². The van der Waals surface area contributed by atoms with E-state index in [0.29, 0.717) is 5.25 Å². The van der Waals surface area contributed by atoms with E-state index >= 15 is 0 Å². The van der Waals surface area contributed by atoms with Crippen LogP contribution in [0.5, 0.6) is 0 Å². The number of rotatable bonds is 5. The summed E-state index contributed by atoms with van der Waals surface area (Å²) >= 11 is 1.92. The number of carbonyl (C=O) groups excluding carboxylic acids is 1. The summed E-state index contributed by atoms with van der Waals surface area (Å²) in [4.78, 5) is 22.6. The van der Waals surface area contributed by atoms with Gasteiger partial charge in [-0.2, -0.15) is 11.8 Å². The molecule has 0 aliphatic heterocycles. The number of nitrogens with one attached hydrogen (secondary N) is 1. The molecule has 1 aliphatic rings. The van der Waals surface area contributed by atoms with Crippen molar-refractivity contribution in [3.8, 4) is 0 Å². The average Bonchev–Trinajstić information content (AvgIpc) is 2.98. The van der Waals surface area contributed by atoms with Crippen LogP contribution in [0, 0.1) is 0 Å². The van der Waals surface area contributed by atoms with Gasteiger partial charge < -0.3 is 14.8 Å². The van der Waals surface area contributed by atoms with E-state index < -0.39 is 5.97 Å². The van der Waals surface area contributed by atoms with Crippen molar-refractivity contribution >= 4 is 23.6 Å². The highest BCUT2D eigenvalue weighted by atomic mass is 32.2. The fourth-order valence-electron chi connectivity index (χ4n) is 2.29. The lowest BCUT2D eigenvalue weighted by Crippen LogP contribution is -2.32. The van der Waals surface area contributed by atoms with E-state index in [2.05, 4.69) is 12.2 Å². The van der Waals surface area contributed by atoms with Gasteiger partial charge in [0.25, 0.3) is 5.91 Å². The van der Waals surface area contributed by atoms with Crippen LogP contribution in [0.4, 0.5) is 0 Å². The molecule has 104 valence electrons. The minimum absolute atomic E-state index is 0.0593. The topological polar surface area (TPSA) is 79.5 Å². The summed E-state index contributed by atoms with van der Waals surface area (Å²) in [5.74, 6) is -0.565. The molecule has 0 radical (unpaired) electrons. The fourth-order valence-corrected chi connectivity index (χ4v) is 3.43. The SMILES string of the molecule is CCSC1CCC(NC(=O)c2ccc(C(=O)O)o2)C1. The number of aromatic carboxylic acids is 1. The predicted molar refractivity (Wildman–Crippen MR) is 72.7 cm³/mol. The van der Waals surface area contributed by atoms with Gasteiger partial charge in [0.1, 0.15) is 0 Å². The molecule has 1 aromatic rings. The van der Waals surface area contributed by atoms with Gasteiger partial charge in [0.05, 0.1) is 0 Å². The Labute approximate surface area is 115 Å². The number of hydrogen-bond acceptors (Lipinski definition) is 4. The molecule has 0 spiro atoms. The molecule has 0 saturated heterocycles. The van der Waals surface area contributed by atoms with Crippen LogP contribution in [0.15, 0.2) is 16.5 Å². The van der Waals surface area contributed by atoms with Gasteiger partial charge in [0, 0.05) is 11.3 Å². The van der Waals surface area contributed by atoms with Crippen LogP contribution in [-0.4, -0.2) is 34.0 Å². The largest absolute Gasteiger partial charge is 0.475 e. The quantitative estimate of drug-likeness (QED) is 0.867. The van der Waals surface area contributed by atoms with Crippen molar-refractivity contribution in [2.45, 2.75) is 37.5 Å². The number of furan rings is 1. The van der Waals surface area contributed by atoms with Crippen molar-refractivity contribution in [3.63, 3.8) is 0 Å². The standard InChI is InChI=1S/C13H17NO4S/c1-2-19-9-4-3-8(7-9)14-12(15)10-5-6-11(18-10)13(16)17/h5-6,8-9H,2-4,7H2,1H3,(H,14,15)(H,16,17). The molecule has 2 N–H and O–H groups in total. The second-order valence-electron chi connectivity index (χ2n) is 4.53. The Morgan fingerprint density at radius 1 is 1.42 bits per heavy atom. The summed E-state index contributed by atoms with van der Waals surface area (Å²) < 4.78 is 4.97. The Morgan fingerprint density at radius 2 is 2.16 bits per heavy atom. The maximum atomic E-state index is 11.9. The van der Waals surface area contributed by atoms with Gasteiger partial charge in [0.2, 0.25) is 5.76 Å². The highest BCUT2D eigenvalue weighted by Gasteiger charge is 2.27.